The van der Waals surface area contributed by atoms with Crippen LogP contribution >= 0.6 is 0 Å². The van der Waals surface area contributed by atoms with Gasteiger partial charge in [0, 0.05) is 25.4 Å². The molecular weight excluding hydrogens is 278 g/mol. The maximum atomic E-state index is 13.6. The summed E-state index contributed by atoms with van der Waals surface area (Å²) in [4.78, 5) is 8.35. The van der Waals surface area contributed by atoms with Gasteiger partial charge in [-0.2, -0.15) is 4.98 Å². The molecule has 0 atom stereocenters. The zero-order valence-corrected chi connectivity index (χ0v) is 11.8. The molecule has 0 saturated heterocycles. The van der Waals surface area contributed by atoms with Crippen molar-refractivity contribution < 1.29 is 13.5 Å². The number of hydrogen-bond donors (Lipinski definition) is 2. The van der Waals surface area contributed by atoms with Crippen LogP contribution in [0.25, 0.3) is 0 Å². The maximum Gasteiger partial charge on any atom is 0.224 e. The molecule has 0 aliphatic heterocycles. The van der Waals surface area contributed by atoms with Gasteiger partial charge in [0.2, 0.25) is 5.95 Å². The van der Waals surface area contributed by atoms with Crippen molar-refractivity contribution in [1.82, 2.24) is 9.97 Å². The van der Waals surface area contributed by atoms with Crippen LogP contribution in [0.2, 0.25) is 0 Å². The summed E-state index contributed by atoms with van der Waals surface area (Å²) in [5.41, 5.74) is 0.433. The Morgan fingerprint density at radius 1 is 1.19 bits per heavy atom. The largest absolute Gasteiger partial charge is 0.383 e. The van der Waals surface area contributed by atoms with Crippen LogP contribution in [0.5, 0.6) is 0 Å². The van der Waals surface area contributed by atoms with E-state index in [2.05, 4.69) is 20.6 Å². The Morgan fingerprint density at radius 2 is 1.90 bits per heavy atom. The first-order chi connectivity index (χ1) is 10.1. The zero-order chi connectivity index (χ0) is 15.2. The molecule has 5 nitrogen and oxygen atoms in total. The number of nitrogens with zero attached hydrogens (tertiary/aromatic N) is 2. The van der Waals surface area contributed by atoms with Gasteiger partial charge in [0.25, 0.3) is 0 Å². The van der Waals surface area contributed by atoms with Gasteiger partial charge in [0.1, 0.15) is 23.1 Å². The summed E-state index contributed by atoms with van der Waals surface area (Å²) in [6.45, 7) is 2.81. The number of halogens is 2. The van der Waals surface area contributed by atoms with Crippen LogP contribution in [0.15, 0.2) is 24.3 Å². The van der Waals surface area contributed by atoms with Crippen LogP contribution in [0.3, 0.4) is 0 Å². The lowest BCUT2D eigenvalue weighted by atomic mass is 10.3. The summed E-state index contributed by atoms with van der Waals surface area (Å²) in [6, 6.07) is 5.26. The van der Waals surface area contributed by atoms with Gasteiger partial charge < -0.3 is 15.4 Å². The van der Waals surface area contributed by atoms with Gasteiger partial charge in [-0.1, -0.05) is 6.07 Å². The molecule has 7 heteroatoms. The van der Waals surface area contributed by atoms with Crippen LogP contribution < -0.4 is 10.6 Å². The number of aryl methyl sites for hydroxylation is 1. The second-order valence-corrected chi connectivity index (χ2v) is 4.36. The Hall–Kier alpha value is -2.28. The molecule has 2 N–H and O–H groups in total. The molecule has 21 heavy (non-hydrogen) atoms. The third kappa shape index (κ3) is 4.09. The molecule has 0 fully saturated rings. The van der Waals surface area contributed by atoms with E-state index in [1.54, 1.807) is 20.1 Å². The van der Waals surface area contributed by atoms with Gasteiger partial charge in [-0.05, 0) is 19.1 Å². The number of anilines is 3. The van der Waals surface area contributed by atoms with Gasteiger partial charge in [0.05, 0.1) is 6.61 Å². The first kappa shape index (κ1) is 15.1. The molecular formula is C14H16F2N4O. The predicted molar refractivity (Wildman–Crippen MR) is 76.8 cm³/mol. The highest BCUT2D eigenvalue weighted by Crippen LogP contribution is 2.22. The van der Waals surface area contributed by atoms with Crippen molar-refractivity contribution in [2.75, 3.05) is 30.9 Å². The van der Waals surface area contributed by atoms with Gasteiger partial charge in [-0.25, -0.2) is 13.8 Å². The van der Waals surface area contributed by atoms with E-state index in [-0.39, 0.29) is 5.69 Å². The van der Waals surface area contributed by atoms with Gasteiger partial charge in [-0.3, -0.25) is 0 Å². The van der Waals surface area contributed by atoms with Gasteiger partial charge in [-0.15, -0.1) is 0 Å². The highest BCUT2D eigenvalue weighted by Gasteiger charge is 2.10. The van der Waals surface area contributed by atoms with Crippen LogP contribution in [-0.4, -0.2) is 30.2 Å². The van der Waals surface area contributed by atoms with E-state index >= 15 is 0 Å². The normalized spacial score (nSPS) is 10.5. The average molecular weight is 294 g/mol. The van der Waals surface area contributed by atoms with E-state index in [0.717, 1.165) is 0 Å². The highest BCUT2D eigenvalue weighted by molar-refractivity contribution is 5.58. The number of methoxy groups -OCH3 is 1. The topological polar surface area (TPSA) is 59.1 Å². The fourth-order valence-corrected chi connectivity index (χ4v) is 1.72. The molecule has 0 aliphatic rings. The van der Waals surface area contributed by atoms with Gasteiger partial charge >= 0.3 is 0 Å². The van der Waals surface area contributed by atoms with E-state index in [1.807, 2.05) is 0 Å². The Morgan fingerprint density at radius 3 is 2.57 bits per heavy atom. The lowest BCUT2D eigenvalue weighted by molar-refractivity contribution is 0.210. The summed E-state index contributed by atoms with van der Waals surface area (Å²) >= 11 is 0. The van der Waals surface area contributed by atoms with E-state index in [4.69, 9.17) is 4.74 Å². The second kappa shape index (κ2) is 6.94. The third-order valence-electron chi connectivity index (χ3n) is 2.66. The molecule has 2 aromatic rings. The fourth-order valence-electron chi connectivity index (χ4n) is 1.72. The molecule has 112 valence electrons. The number of benzene rings is 1. The van der Waals surface area contributed by atoms with Crippen molar-refractivity contribution in [2.24, 2.45) is 0 Å². The lowest BCUT2D eigenvalue weighted by Gasteiger charge is -2.11. The van der Waals surface area contributed by atoms with Crippen molar-refractivity contribution >= 4 is 17.5 Å². The molecule has 2 rings (SSSR count). The molecule has 0 saturated carbocycles. The van der Waals surface area contributed by atoms with E-state index in [0.29, 0.717) is 30.6 Å². The smallest absolute Gasteiger partial charge is 0.224 e. The Kier molecular flexibility index (Phi) is 4.99. The molecule has 0 spiro atoms. The summed E-state index contributed by atoms with van der Waals surface area (Å²) < 4.78 is 32.1. The van der Waals surface area contributed by atoms with Crippen molar-refractivity contribution in [1.29, 1.82) is 0 Å². The molecule has 0 bridgehead atoms. The van der Waals surface area contributed by atoms with Crippen molar-refractivity contribution in [3.05, 3.63) is 41.6 Å². The van der Waals surface area contributed by atoms with Crippen LogP contribution in [0.1, 0.15) is 5.69 Å². The molecule has 1 heterocycles. The monoisotopic (exact) mass is 294 g/mol. The number of rotatable bonds is 6. The maximum absolute atomic E-state index is 13.6. The van der Waals surface area contributed by atoms with E-state index in [1.165, 1.54) is 18.2 Å². The Balaban J connectivity index is 2.20. The first-order valence-corrected chi connectivity index (χ1v) is 6.39. The lowest BCUT2D eigenvalue weighted by Crippen LogP contribution is -2.11. The molecule has 0 unspecified atom stereocenters. The summed E-state index contributed by atoms with van der Waals surface area (Å²) in [7, 11) is 1.59. The SMILES string of the molecule is COCCNc1nc(C)cc(Nc2c(F)cccc2F)n1. The number of ether oxygens (including phenoxy) is 1. The minimum absolute atomic E-state index is 0.238. The summed E-state index contributed by atoms with van der Waals surface area (Å²) in [5, 5.41) is 5.61. The molecule has 1 aromatic heterocycles. The van der Waals surface area contributed by atoms with Crippen molar-refractivity contribution in [2.45, 2.75) is 6.92 Å². The predicted octanol–water partition coefficient (Wildman–Crippen LogP) is 2.87. The number of hydrogen-bond acceptors (Lipinski definition) is 5. The second-order valence-electron chi connectivity index (χ2n) is 4.36. The minimum atomic E-state index is -0.680. The third-order valence-corrected chi connectivity index (χ3v) is 2.66. The first-order valence-electron chi connectivity index (χ1n) is 6.39. The molecule has 1 aromatic carbocycles. The van der Waals surface area contributed by atoms with Crippen molar-refractivity contribution in [3.8, 4) is 0 Å². The summed E-state index contributed by atoms with van der Waals surface area (Å²) in [5.74, 6) is -0.682. The van der Waals surface area contributed by atoms with Crippen LogP contribution in [0.4, 0.5) is 26.2 Å². The molecule has 0 amide bonds. The number of para-hydroxylation sites is 1. The molecule has 0 aliphatic carbocycles. The number of aromatic nitrogens is 2. The standard InChI is InChI=1S/C14H16F2N4O/c1-9-8-12(20-14(18-9)17-6-7-21-2)19-13-10(15)4-3-5-11(13)16/h3-5,8H,6-7H2,1-2H3,(H2,17,18,19,20). The quantitative estimate of drug-likeness (QED) is 0.802. The number of nitrogens with one attached hydrogen (secondary N) is 2. The minimum Gasteiger partial charge on any atom is -0.383 e. The van der Waals surface area contributed by atoms with Crippen molar-refractivity contribution in [3.63, 3.8) is 0 Å². The zero-order valence-electron chi connectivity index (χ0n) is 11.8. The van der Waals surface area contributed by atoms with Crippen LogP contribution in [0, 0.1) is 18.6 Å². The Bertz CT molecular complexity index is 602. The Labute approximate surface area is 121 Å². The van der Waals surface area contributed by atoms with Gasteiger partial charge in [0.15, 0.2) is 0 Å². The highest BCUT2D eigenvalue weighted by atomic mass is 19.1. The molecule has 0 radical (unpaired) electrons. The van der Waals surface area contributed by atoms with E-state index in [9.17, 15) is 8.78 Å². The average Bonchev–Trinajstić information content (AvgIpc) is 2.43. The summed E-state index contributed by atoms with van der Waals surface area (Å²) in [6.07, 6.45) is 0. The fraction of sp³-hybridized carbons (Fsp3) is 0.286. The van der Waals surface area contributed by atoms with Crippen LogP contribution in [-0.2, 0) is 4.74 Å². The van der Waals surface area contributed by atoms with E-state index < -0.39 is 11.6 Å².